The van der Waals surface area contributed by atoms with Crippen molar-refractivity contribution in [2.45, 2.75) is 40.0 Å². The van der Waals surface area contributed by atoms with Crippen molar-refractivity contribution in [1.29, 1.82) is 0 Å². The Morgan fingerprint density at radius 1 is 0.864 bits per heavy atom. The van der Waals surface area contributed by atoms with E-state index >= 15 is 0 Å². The Morgan fingerprint density at radius 3 is 2.23 bits per heavy atom. The maximum absolute atomic E-state index is 2.35. The van der Waals surface area contributed by atoms with E-state index in [9.17, 15) is 0 Å². The first-order chi connectivity index (χ1) is 10.8. The summed E-state index contributed by atoms with van der Waals surface area (Å²) in [4.78, 5) is 0. The molecule has 0 unspecified atom stereocenters. The predicted octanol–water partition coefficient (Wildman–Crippen LogP) is 6.81. The van der Waals surface area contributed by atoms with Crippen LogP contribution in [0.1, 0.15) is 44.2 Å². The molecule has 0 fully saturated rings. The second-order valence-electron chi connectivity index (χ2n) is 5.71. The van der Waals surface area contributed by atoms with Crippen LogP contribution in [0.2, 0.25) is 0 Å². The first kappa shape index (κ1) is 16.3. The molecule has 0 spiro atoms. The molecule has 0 heteroatoms. The summed E-state index contributed by atoms with van der Waals surface area (Å²) in [5, 5.41) is 0. The van der Waals surface area contributed by atoms with Crippen molar-refractivity contribution in [2.24, 2.45) is 0 Å². The van der Waals surface area contributed by atoms with Gasteiger partial charge in [-0.05, 0) is 47.6 Å². The van der Waals surface area contributed by atoms with Gasteiger partial charge < -0.3 is 0 Å². The van der Waals surface area contributed by atoms with E-state index in [1.54, 1.807) is 0 Å². The first-order valence-electron chi connectivity index (χ1n) is 8.30. The Hall–Kier alpha value is -2.08. The third kappa shape index (κ3) is 3.98. The van der Waals surface area contributed by atoms with Crippen LogP contribution in [-0.4, -0.2) is 0 Å². The molecule has 114 valence electrons. The zero-order chi connectivity index (χ0) is 15.8. The van der Waals surface area contributed by atoms with E-state index in [-0.39, 0.29) is 0 Å². The number of benzene rings is 2. The smallest absolute Gasteiger partial charge is 0.00762 e. The van der Waals surface area contributed by atoms with E-state index in [4.69, 9.17) is 0 Å². The summed E-state index contributed by atoms with van der Waals surface area (Å²) in [6.07, 6.45) is 10.4. The van der Waals surface area contributed by atoms with Gasteiger partial charge in [0.2, 0.25) is 0 Å². The van der Waals surface area contributed by atoms with Crippen molar-refractivity contribution in [3.05, 3.63) is 77.9 Å². The number of rotatable bonds is 2. The van der Waals surface area contributed by atoms with Gasteiger partial charge in [-0.1, -0.05) is 87.0 Å². The van der Waals surface area contributed by atoms with Gasteiger partial charge in [0, 0.05) is 0 Å². The molecule has 0 N–H and O–H groups in total. The summed E-state index contributed by atoms with van der Waals surface area (Å²) in [6.45, 7) is 6.44. The molecular formula is C22H26. The minimum atomic E-state index is 1.15. The van der Waals surface area contributed by atoms with Crippen LogP contribution in [0, 0.1) is 6.92 Å². The number of hydrogen-bond acceptors (Lipinski definition) is 0. The number of aryl methyl sites for hydroxylation is 1. The lowest BCUT2D eigenvalue weighted by Crippen LogP contribution is -1.93. The summed E-state index contributed by atoms with van der Waals surface area (Å²) < 4.78 is 0. The summed E-state index contributed by atoms with van der Waals surface area (Å²) in [7, 11) is 0. The summed E-state index contributed by atoms with van der Waals surface area (Å²) in [5.41, 5.74) is 6.70. The van der Waals surface area contributed by atoms with Gasteiger partial charge in [0.25, 0.3) is 0 Å². The minimum Gasteiger partial charge on any atom is -0.0836 e. The zero-order valence-electron chi connectivity index (χ0n) is 14.0. The Balaban J connectivity index is 0.000000545. The van der Waals surface area contributed by atoms with E-state index < -0.39 is 0 Å². The van der Waals surface area contributed by atoms with Crippen LogP contribution in [-0.2, 0) is 0 Å². The monoisotopic (exact) mass is 290 g/mol. The number of hydrogen-bond donors (Lipinski definition) is 0. The molecule has 3 rings (SSSR count). The quantitative estimate of drug-likeness (QED) is 0.569. The molecular weight excluding hydrogens is 264 g/mol. The maximum Gasteiger partial charge on any atom is -0.00762 e. The van der Waals surface area contributed by atoms with Crippen LogP contribution in [0.3, 0.4) is 0 Å². The summed E-state index contributed by atoms with van der Waals surface area (Å²) in [6, 6.07) is 17.3. The highest BCUT2D eigenvalue weighted by Crippen LogP contribution is 2.33. The molecule has 0 amide bonds. The normalized spacial score (nSPS) is 13.1. The molecule has 0 saturated carbocycles. The van der Waals surface area contributed by atoms with Crippen LogP contribution in [0.5, 0.6) is 0 Å². The molecule has 0 radical (unpaired) electrons. The van der Waals surface area contributed by atoms with Crippen molar-refractivity contribution < 1.29 is 0 Å². The van der Waals surface area contributed by atoms with Gasteiger partial charge in [0.1, 0.15) is 0 Å². The highest BCUT2D eigenvalue weighted by molar-refractivity contribution is 5.87. The average Bonchev–Trinajstić information content (AvgIpc) is 2.57. The van der Waals surface area contributed by atoms with E-state index in [1.807, 2.05) is 0 Å². The van der Waals surface area contributed by atoms with Gasteiger partial charge >= 0.3 is 0 Å². The molecule has 1 aliphatic carbocycles. The fourth-order valence-electron chi connectivity index (χ4n) is 2.71. The molecule has 1 aliphatic rings. The van der Waals surface area contributed by atoms with Crippen molar-refractivity contribution in [3.63, 3.8) is 0 Å². The molecule has 2 aromatic rings. The van der Waals surface area contributed by atoms with Crippen LogP contribution in [0.4, 0.5) is 0 Å². The third-order valence-electron chi connectivity index (χ3n) is 3.64. The topological polar surface area (TPSA) is 0 Å². The van der Waals surface area contributed by atoms with Crippen LogP contribution in [0.15, 0.2) is 66.8 Å². The lowest BCUT2D eigenvalue weighted by molar-refractivity contribution is 1.04. The lowest BCUT2D eigenvalue weighted by Gasteiger charge is -2.15. The summed E-state index contributed by atoms with van der Waals surface area (Å²) >= 11 is 0. The standard InChI is InChI=1S/C19H18.C3H8/c1-15-9-8-14-18(16-10-4-2-5-11-16)19(15)17-12-6-3-7-13-17;1-3-2/h3-4,6-14H,2,5H2,1H3;3H2,1-2H3. The Labute approximate surface area is 135 Å². The molecule has 0 bridgehead atoms. The molecule has 0 aromatic heterocycles. The van der Waals surface area contributed by atoms with E-state index in [0.717, 1.165) is 12.8 Å². The fraction of sp³-hybridized carbons (Fsp3) is 0.273. The molecule has 0 aliphatic heterocycles. The van der Waals surface area contributed by atoms with Gasteiger partial charge in [0.15, 0.2) is 0 Å². The van der Waals surface area contributed by atoms with Crippen molar-refractivity contribution >= 4 is 5.57 Å². The van der Waals surface area contributed by atoms with Crippen molar-refractivity contribution in [1.82, 2.24) is 0 Å². The highest BCUT2D eigenvalue weighted by atomic mass is 14.1. The highest BCUT2D eigenvalue weighted by Gasteiger charge is 2.11. The van der Waals surface area contributed by atoms with Crippen LogP contribution < -0.4 is 0 Å². The van der Waals surface area contributed by atoms with Gasteiger partial charge in [0.05, 0.1) is 0 Å². The fourth-order valence-corrected chi connectivity index (χ4v) is 2.71. The van der Waals surface area contributed by atoms with Crippen molar-refractivity contribution in [3.8, 4) is 11.1 Å². The van der Waals surface area contributed by atoms with E-state index in [0.29, 0.717) is 0 Å². The zero-order valence-corrected chi connectivity index (χ0v) is 14.0. The minimum absolute atomic E-state index is 1.15. The van der Waals surface area contributed by atoms with Crippen molar-refractivity contribution in [2.75, 3.05) is 0 Å². The molecule has 0 atom stereocenters. The van der Waals surface area contributed by atoms with E-state index in [1.165, 1.54) is 34.2 Å². The van der Waals surface area contributed by atoms with Crippen LogP contribution in [0.25, 0.3) is 16.7 Å². The largest absolute Gasteiger partial charge is 0.0836 e. The van der Waals surface area contributed by atoms with Gasteiger partial charge in [-0.2, -0.15) is 0 Å². The average molecular weight is 290 g/mol. The van der Waals surface area contributed by atoms with Gasteiger partial charge in [-0.3, -0.25) is 0 Å². The summed E-state index contributed by atoms with van der Waals surface area (Å²) in [5.74, 6) is 0. The Morgan fingerprint density at radius 2 is 1.59 bits per heavy atom. The van der Waals surface area contributed by atoms with Crippen LogP contribution >= 0.6 is 0 Å². The molecule has 0 heterocycles. The SMILES string of the molecule is CCC.Cc1cccc(C2=CCCC=C2)c1-c1ccccc1. The Bertz CT molecular complexity index is 645. The number of allylic oxidation sites excluding steroid dienone is 4. The molecule has 22 heavy (non-hydrogen) atoms. The van der Waals surface area contributed by atoms with Gasteiger partial charge in [-0.15, -0.1) is 0 Å². The molecule has 0 saturated heterocycles. The third-order valence-corrected chi connectivity index (χ3v) is 3.64. The molecule has 2 aromatic carbocycles. The predicted molar refractivity (Wildman–Crippen MR) is 98.9 cm³/mol. The van der Waals surface area contributed by atoms with Gasteiger partial charge in [-0.25, -0.2) is 0 Å². The second kappa shape index (κ2) is 8.38. The lowest BCUT2D eigenvalue weighted by atomic mass is 9.89. The second-order valence-corrected chi connectivity index (χ2v) is 5.71. The molecule has 0 nitrogen and oxygen atoms in total. The first-order valence-corrected chi connectivity index (χ1v) is 8.30. The Kier molecular flexibility index (Phi) is 6.21. The maximum atomic E-state index is 2.35. The van der Waals surface area contributed by atoms with E-state index in [2.05, 4.69) is 87.5 Å².